The zero-order chi connectivity index (χ0) is 14.7. The molecule has 1 saturated heterocycles. The Morgan fingerprint density at radius 2 is 2.00 bits per heavy atom. The van der Waals surface area contributed by atoms with E-state index < -0.39 is 0 Å². The van der Waals surface area contributed by atoms with Gasteiger partial charge in [0.1, 0.15) is 5.82 Å². The summed E-state index contributed by atoms with van der Waals surface area (Å²) in [5.74, 6) is -0.235. The highest BCUT2D eigenvalue weighted by atomic mass is 19.1. The van der Waals surface area contributed by atoms with Gasteiger partial charge in [0.25, 0.3) is 0 Å². The van der Waals surface area contributed by atoms with E-state index in [0.29, 0.717) is 11.6 Å². The topological polar surface area (TPSA) is 23.6 Å². The molecule has 3 nitrogen and oxygen atoms in total. The number of rotatable bonds is 4. The number of likely N-dealkylation sites (N-methyl/N-ethyl adjacent to an activating group) is 1. The number of carbonyl (C=O) groups excluding carboxylic acids is 1. The smallest absolute Gasteiger partial charge is 0.179 e. The van der Waals surface area contributed by atoms with Crippen molar-refractivity contribution in [3.63, 3.8) is 0 Å². The van der Waals surface area contributed by atoms with Crippen LogP contribution in [0.2, 0.25) is 0 Å². The highest BCUT2D eigenvalue weighted by Crippen LogP contribution is 2.15. The van der Waals surface area contributed by atoms with E-state index in [1.54, 1.807) is 12.1 Å². The maximum absolute atomic E-state index is 12.9. The quantitative estimate of drug-likeness (QED) is 0.790. The van der Waals surface area contributed by atoms with E-state index in [1.165, 1.54) is 12.1 Å². The number of Topliss-reactive ketones (excluding diaryl/α,β-unsaturated/α-hetero) is 1. The molecule has 0 aromatic heterocycles. The molecular formula is C16H23FN2O. The molecule has 0 amide bonds. The van der Waals surface area contributed by atoms with Crippen LogP contribution in [0, 0.1) is 5.82 Å². The van der Waals surface area contributed by atoms with Crippen molar-refractivity contribution < 1.29 is 9.18 Å². The second-order valence-electron chi connectivity index (χ2n) is 5.52. The van der Waals surface area contributed by atoms with E-state index in [4.69, 9.17) is 0 Å². The second-order valence-corrected chi connectivity index (χ2v) is 5.52. The standard InChI is InChI=1S/C16H23FN2O/c1-4-18-9-10-19(11-12(18)2)13(3)16(20)14-5-7-15(17)8-6-14/h5-8,12-13H,4,9-11H2,1-3H3. The molecular weight excluding hydrogens is 255 g/mol. The van der Waals surface area contributed by atoms with E-state index in [2.05, 4.69) is 23.6 Å². The van der Waals surface area contributed by atoms with Crippen LogP contribution in [-0.4, -0.2) is 53.8 Å². The van der Waals surface area contributed by atoms with Crippen molar-refractivity contribution in [1.82, 2.24) is 9.80 Å². The molecule has 1 fully saturated rings. The fourth-order valence-corrected chi connectivity index (χ4v) is 2.87. The number of piperazine rings is 1. The minimum Gasteiger partial charge on any atom is -0.298 e. The van der Waals surface area contributed by atoms with Gasteiger partial charge in [0, 0.05) is 31.2 Å². The lowest BCUT2D eigenvalue weighted by atomic mass is 10.0. The number of nitrogens with zero attached hydrogens (tertiary/aromatic N) is 2. The lowest BCUT2D eigenvalue weighted by molar-refractivity contribution is 0.0533. The van der Waals surface area contributed by atoms with Crippen molar-refractivity contribution in [3.8, 4) is 0 Å². The van der Waals surface area contributed by atoms with Crippen LogP contribution in [0.25, 0.3) is 0 Å². The van der Waals surface area contributed by atoms with Crippen molar-refractivity contribution >= 4 is 5.78 Å². The van der Waals surface area contributed by atoms with Crippen LogP contribution in [-0.2, 0) is 0 Å². The molecule has 110 valence electrons. The Morgan fingerprint density at radius 1 is 1.35 bits per heavy atom. The first-order chi connectivity index (χ1) is 9.52. The molecule has 0 spiro atoms. The van der Waals surface area contributed by atoms with Crippen molar-refractivity contribution in [2.24, 2.45) is 0 Å². The van der Waals surface area contributed by atoms with Crippen molar-refractivity contribution in [1.29, 1.82) is 0 Å². The molecule has 2 atom stereocenters. The number of halogens is 1. The molecule has 0 N–H and O–H groups in total. The number of hydrogen-bond acceptors (Lipinski definition) is 3. The molecule has 1 heterocycles. The highest BCUT2D eigenvalue weighted by Gasteiger charge is 2.29. The molecule has 1 aliphatic rings. The van der Waals surface area contributed by atoms with Crippen molar-refractivity contribution in [2.75, 3.05) is 26.2 Å². The number of hydrogen-bond donors (Lipinski definition) is 0. The van der Waals surface area contributed by atoms with E-state index >= 15 is 0 Å². The van der Waals surface area contributed by atoms with Crippen LogP contribution < -0.4 is 0 Å². The summed E-state index contributed by atoms with van der Waals surface area (Å²) in [6, 6.07) is 6.15. The Hall–Kier alpha value is -1.26. The predicted molar refractivity (Wildman–Crippen MR) is 78.5 cm³/mol. The van der Waals surface area contributed by atoms with Crippen LogP contribution in [0.3, 0.4) is 0 Å². The first-order valence-electron chi connectivity index (χ1n) is 7.30. The Kier molecular flexibility index (Phi) is 4.89. The summed E-state index contributed by atoms with van der Waals surface area (Å²) in [5.41, 5.74) is 0.587. The van der Waals surface area contributed by atoms with Gasteiger partial charge >= 0.3 is 0 Å². The maximum atomic E-state index is 12.9. The summed E-state index contributed by atoms with van der Waals surface area (Å²) in [6.45, 7) is 10.2. The van der Waals surface area contributed by atoms with Crippen molar-refractivity contribution in [3.05, 3.63) is 35.6 Å². The first-order valence-corrected chi connectivity index (χ1v) is 7.30. The molecule has 1 aromatic rings. The molecule has 2 unspecified atom stereocenters. The summed E-state index contributed by atoms with van der Waals surface area (Å²) in [4.78, 5) is 17.1. The van der Waals surface area contributed by atoms with Gasteiger partial charge in [-0.1, -0.05) is 6.92 Å². The highest BCUT2D eigenvalue weighted by molar-refractivity contribution is 5.99. The maximum Gasteiger partial charge on any atom is 0.179 e. The number of ketones is 1. The average molecular weight is 278 g/mol. The SMILES string of the molecule is CCN1CCN(C(C)C(=O)c2ccc(F)cc2)CC1C. The average Bonchev–Trinajstić information content (AvgIpc) is 2.46. The van der Waals surface area contributed by atoms with E-state index in [0.717, 1.165) is 26.2 Å². The van der Waals surface area contributed by atoms with Crippen LogP contribution in [0.5, 0.6) is 0 Å². The third-order valence-electron chi connectivity index (χ3n) is 4.26. The van der Waals surface area contributed by atoms with E-state index in [9.17, 15) is 9.18 Å². The van der Waals surface area contributed by atoms with Gasteiger partial charge in [0.2, 0.25) is 0 Å². The van der Waals surface area contributed by atoms with Gasteiger partial charge < -0.3 is 0 Å². The largest absolute Gasteiger partial charge is 0.298 e. The van der Waals surface area contributed by atoms with E-state index in [-0.39, 0.29) is 17.6 Å². The summed E-state index contributed by atoms with van der Waals surface area (Å²) < 4.78 is 12.9. The first kappa shape index (κ1) is 15.1. The summed E-state index contributed by atoms with van der Waals surface area (Å²) in [5, 5.41) is 0. The number of benzene rings is 1. The second kappa shape index (κ2) is 6.46. The van der Waals surface area contributed by atoms with Gasteiger partial charge in [0.05, 0.1) is 6.04 Å². The molecule has 20 heavy (non-hydrogen) atoms. The molecule has 1 aromatic carbocycles. The summed E-state index contributed by atoms with van der Waals surface area (Å²) in [6.07, 6.45) is 0. The normalized spacial score (nSPS) is 22.7. The molecule has 1 aliphatic heterocycles. The van der Waals surface area contributed by atoms with Crippen LogP contribution in [0.1, 0.15) is 31.1 Å². The fourth-order valence-electron chi connectivity index (χ4n) is 2.87. The van der Waals surface area contributed by atoms with Gasteiger partial charge in [-0.05, 0) is 44.7 Å². The Morgan fingerprint density at radius 3 is 2.55 bits per heavy atom. The molecule has 0 radical (unpaired) electrons. The van der Waals surface area contributed by atoms with Crippen LogP contribution in [0.4, 0.5) is 4.39 Å². The molecule has 4 heteroatoms. The zero-order valence-corrected chi connectivity index (χ0v) is 12.5. The molecule has 0 aliphatic carbocycles. The summed E-state index contributed by atoms with van der Waals surface area (Å²) >= 11 is 0. The Balaban J connectivity index is 2.02. The number of carbonyl (C=O) groups is 1. The van der Waals surface area contributed by atoms with E-state index in [1.807, 2.05) is 6.92 Å². The molecule has 0 bridgehead atoms. The van der Waals surface area contributed by atoms with Crippen LogP contribution in [0.15, 0.2) is 24.3 Å². The zero-order valence-electron chi connectivity index (χ0n) is 12.5. The van der Waals surface area contributed by atoms with Gasteiger partial charge in [0.15, 0.2) is 5.78 Å². The minimum absolute atomic E-state index is 0.0714. The third-order valence-corrected chi connectivity index (χ3v) is 4.26. The van der Waals surface area contributed by atoms with Gasteiger partial charge in [-0.2, -0.15) is 0 Å². The Labute approximate surface area is 120 Å². The van der Waals surface area contributed by atoms with Gasteiger partial charge in [-0.15, -0.1) is 0 Å². The fraction of sp³-hybridized carbons (Fsp3) is 0.562. The predicted octanol–water partition coefficient (Wildman–Crippen LogP) is 2.42. The Bertz CT molecular complexity index is 460. The summed E-state index contributed by atoms with van der Waals surface area (Å²) in [7, 11) is 0. The monoisotopic (exact) mass is 278 g/mol. The van der Waals surface area contributed by atoms with Crippen molar-refractivity contribution in [2.45, 2.75) is 32.9 Å². The van der Waals surface area contributed by atoms with Gasteiger partial charge in [-0.3, -0.25) is 14.6 Å². The molecule has 0 saturated carbocycles. The third kappa shape index (κ3) is 3.25. The van der Waals surface area contributed by atoms with Gasteiger partial charge in [-0.25, -0.2) is 4.39 Å². The minimum atomic E-state index is -0.306. The molecule has 2 rings (SSSR count). The van der Waals surface area contributed by atoms with Crippen LogP contribution >= 0.6 is 0 Å². The lowest BCUT2D eigenvalue weighted by Gasteiger charge is -2.41. The lowest BCUT2D eigenvalue weighted by Crippen LogP contribution is -2.55.